The Hall–Kier alpha value is 9.48. The monoisotopic (exact) mass is 2090 g/mol. The molecule has 36 heteroatoms. The molecule has 0 fully saturated rings. The van der Waals surface area contributed by atoms with Crippen LogP contribution in [0.5, 0.6) is 0 Å². The number of rotatable bonds is 49. The van der Waals surface area contributed by atoms with E-state index in [0.29, 0.717) is 27.5 Å². The molecule has 12 rings (SSSR count). The predicted octanol–water partition coefficient (Wildman–Crippen LogP) is 39.7. The summed E-state index contributed by atoms with van der Waals surface area (Å²) in [5.74, 6) is 7.52. The fraction of sp³-hybridized carbons (Fsp3) is 0.657. The molecule has 0 N–H and O–H groups in total. The molecule has 0 aliphatic carbocycles. The van der Waals surface area contributed by atoms with Gasteiger partial charge in [0.2, 0.25) is 0 Å². The van der Waals surface area contributed by atoms with E-state index in [2.05, 4.69) is 454 Å². The molecule has 0 aromatic heterocycles. The summed E-state index contributed by atoms with van der Waals surface area (Å²) < 4.78 is 40.7. The van der Waals surface area contributed by atoms with Crippen molar-refractivity contribution >= 4 is 423 Å². The van der Waals surface area contributed by atoms with Crippen molar-refractivity contribution in [2.75, 3.05) is 57.2 Å². The Morgan fingerprint density at radius 1 is 0.179 bits per heavy atom. The maximum atomic E-state index is 2.33. The molecule has 0 saturated heterocycles. The molecular formula is C70H94S36. The van der Waals surface area contributed by atoms with Gasteiger partial charge in [0.1, 0.15) is 0 Å². The third-order valence-electron chi connectivity index (χ3n) is 16.1. The second-order valence-corrected chi connectivity index (χ2v) is 71.4. The van der Waals surface area contributed by atoms with Crippen molar-refractivity contribution in [1.82, 2.24) is 0 Å². The van der Waals surface area contributed by atoms with Gasteiger partial charge in [-0.1, -0.05) is 298 Å². The Labute approximate surface area is 792 Å². The largest absolute Gasteiger partial charge is 0.121 e. The number of hydrogen-bond donors (Lipinski definition) is 0. The van der Waals surface area contributed by atoms with Crippen molar-refractivity contribution in [1.29, 1.82) is 0 Å². The zero-order valence-electron chi connectivity index (χ0n) is 60.8. The van der Waals surface area contributed by atoms with Crippen molar-refractivity contribution < 1.29 is 0 Å². The molecule has 590 valence electrons. The fourth-order valence-corrected chi connectivity index (χ4v) is 71.6. The number of thioether (sulfide) groups is 36. The van der Waals surface area contributed by atoms with E-state index in [0.717, 1.165) is 10.2 Å². The highest BCUT2D eigenvalue weighted by Crippen LogP contribution is 2.77. The molecule has 0 bridgehead atoms. The summed E-state index contributed by atoms with van der Waals surface area (Å²) in [7, 11) is 0. The highest BCUT2D eigenvalue weighted by Gasteiger charge is 2.47. The molecule has 0 saturated carbocycles. The molecule has 0 nitrogen and oxygen atoms in total. The minimum Gasteiger partial charge on any atom is -0.121 e. The Morgan fingerprint density at radius 2 is 0.358 bits per heavy atom. The molecule has 2 atom stereocenters. The maximum absolute atomic E-state index is 2.33. The lowest BCUT2D eigenvalue weighted by molar-refractivity contribution is 0.707. The van der Waals surface area contributed by atoms with Crippen LogP contribution in [0.15, 0.2) is 102 Å². The second kappa shape index (κ2) is 52.6. The molecular weight excluding hydrogens is 2000 g/mol. The van der Waals surface area contributed by atoms with E-state index in [9.17, 15) is 0 Å². The van der Waals surface area contributed by atoms with Gasteiger partial charge >= 0.3 is 0 Å². The zero-order chi connectivity index (χ0) is 73.4. The standard InChI is InChI=1S/C70H94S36/c1-9-15-21-27-33-73-45-46(74-34-28-22-16-10-2)88-55(87-45)61-99-65-66(100-61)96-59(95-65)53-83-41(71-7)43(85-53)79-39-81-51-52(94-58(93-51)64-105-69-70(106-64)104-63(103-69)57-91-49(77-37-31-25-19-13-5)50(92-57)78-38-32-26-20-14-6)82-40-80-44-42(72-8)84-54(86-44)60-97-67-68(98-60)102-62(101-67)56-89-47(75-35-29-23-17-11-3)48(90-56)76-36-30-24-18-12-4/h53-54,58-60,64H,9-40H2,1-8H3. The SMILES string of the molecule is CCCCCCSC1=C(SCCCCCC)SC(=C2SC3=C(S2)SC(C2SC(SC)=C(SCSC4=C(SCSC5=C(SC)SC(C6SC7=C(SC(=C8SC(SCCCCCC)=C(SCCCCCC)S8)S7)S6)S5)SC(C5SC6=C(SC(=C7SC(SCCCCCC)=C(SCCCCCC)S7)S6)S5)S4)S2)S3)S1. The van der Waals surface area contributed by atoms with Crippen molar-refractivity contribution in [2.24, 2.45) is 0 Å². The molecule has 0 aromatic carbocycles. The third kappa shape index (κ3) is 28.7. The van der Waals surface area contributed by atoms with Crippen LogP contribution in [0.2, 0.25) is 0 Å². The summed E-state index contributed by atoms with van der Waals surface area (Å²) in [6.45, 7) is 14.0. The highest BCUT2D eigenvalue weighted by molar-refractivity contribution is 8.53. The summed E-state index contributed by atoms with van der Waals surface area (Å²) in [5, 5.41) is 2.12. The van der Waals surface area contributed by atoms with Gasteiger partial charge in [0.05, 0.1) is 129 Å². The summed E-state index contributed by atoms with van der Waals surface area (Å²) in [6.07, 6.45) is 36.8. The molecule has 0 spiro atoms. The van der Waals surface area contributed by atoms with Gasteiger partial charge < -0.3 is 0 Å². The first kappa shape index (κ1) is 94.6. The van der Waals surface area contributed by atoms with Gasteiger partial charge in [0, 0.05) is 10.2 Å². The van der Waals surface area contributed by atoms with Crippen molar-refractivity contribution in [2.45, 2.75) is 223 Å². The van der Waals surface area contributed by atoms with Crippen LogP contribution in [-0.4, -0.2) is 84.7 Å². The number of hydrogen-bond acceptors (Lipinski definition) is 36. The van der Waals surface area contributed by atoms with E-state index < -0.39 is 0 Å². The first-order valence-electron chi connectivity index (χ1n) is 36.6. The lowest BCUT2D eigenvalue weighted by atomic mass is 10.2. The van der Waals surface area contributed by atoms with Crippen molar-refractivity contribution in [3.8, 4) is 0 Å². The van der Waals surface area contributed by atoms with E-state index >= 15 is 0 Å². The number of unbranched alkanes of at least 4 members (excludes halogenated alkanes) is 18. The van der Waals surface area contributed by atoms with Gasteiger partial charge in [-0.3, -0.25) is 0 Å². The Morgan fingerprint density at radius 3 is 0.557 bits per heavy atom. The molecule has 12 aliphatic heterocycles. The van der Waals surface area contributed by atoms with E-state index in [4.69, 9.17) is 0 Å². The topological polar surface area (TPSA) is 0 Å². The summed E-state index contributed by atoms with van der Waals surface area (Å²) in [6, 6.07) is 0. The minimum atomic E-state index is 0.495. The molecule has 106 heavy (non-hydrogen) atoms. The van der Waals surface area contributed by atoms with Gasteiger partial charge in [0.25, 0.3) is 0 Å². The van der Waals surface area contributed by atoms with E-state index in [1.807, 2.05) is 23.5 Å². The van der Waals surface area contributed by atoms with Gasteiger partial charge in [-0.05, 0) is 85.6 Å². The van der Waals surface area contributed by atoms with Crippen LogP contribution in [0.3, 0.4) is 0 Å². The summed E-state index contributed by atoms with van der Waals surface area (Å²) in [5.41, 5.74) is 0. The van der Waals surface area contributed by atoms with Crippen LogP contribution >= 0.6 is 423 Å². The normalized spacial score (nSPS) is 23.4. The van der Waals surface area contributed by atoms with Crippen LogP contribution in [0, 0.1) is 0 Å². The summed E-state index contributed by atoms with van der Waals surface area (Å²) >= 11 is 76.8. The van der Waals surface area contributed by atoms with Crippen molar-refractivity contribution in [3.05, 3.63) is 102 Å². The Kier molecular flexibility index (Phi) is 46.9. The average Bonchev–Trinajstić information content (AvgIpc) is 1.64. The Balaban J connectivity index is 0.647. The highest BCUT2D eigenvalue weighted by atomic mass is 32.3. The lowest BCUT2D eigenvalue weighted by Crippen LogP contribution is -2.07. The van der Waals surface area contributed by atoms with E-state index in [-0.39, 0.29) is 0 Å². The minimum absolute atomic E-state index is 0.495. The average molecular weight is 2090 g/mol. The quantitative estimate of drug-likeness (QED) is 0.0419. The van der Waals surface area contributed by atoms with Crippen LogP contribution < -0.4 is 0 Å². The summed E-state index contributed by atoms with van der Waals surface area (Å²) in [4.78, 5) is 0. The first-order chi connectivity index (χ1) is 52.2. The van der Waals surface area contributed by atoms with Gasteiger partial charge in [-0.2, -0.15) is 0 Å². The molecule has 12 aliphatic rings. The van der Waals surface area contributed by atoms with Crippen LogP contribution in [0.25, 0.3) is 0 Å². The molecule has 2 unspecified atom stereocenters. The van der Waals surface area contributed by atoms with Gasteiger partial charge in [-0.15, -0.1) is 282 Å². The van der Waals surface area contributed by atoms with E-state index in [1.54, 1.807) is 102 Å². The zero-order valence-corrected chi connectivity index (χ0v) is 90.2. The van der Waals surface area contributed by atoms with Crippen LogP contribution in [-0.2, 0) is 0 Å². The molecule has 0 radical (unpaired) electrons. The predicted molar refractivity (Wildman–Crippen MR) is 576 cm³/mol. The first-order valence-corrected chi connectivity index (χ1v) is 69.2. The Bertz CT molecular complexity index is 3080. The molecule has 0 amide bonds. The van der Waals surface area contributed by atoms with Gasteiger partial charge in [-0.25, -0.2) is 0 Å². The van der Waals surface area contributed by atoms with Crippen LogP contribution in [0.4, 0.5) is 0 Å². The van der Waals surface area contributed by atoms with E-state index in [1.165, 1.54) is 189 Å². The van der Waals surface area contributed by atoms with Gasteiger partial charge in [0.15, 0.2) is 0 Å². The molecule has 12 heterocycles. The van der Waals surface area contributed by atoms with Crippen LogP contribution in [0.1, 0.15) is 196 Å². The lowest BCUT2D eigenvalue weighted by Gasteiger charge is -2.18. The second-order valence-electron chi connectivity index (χ2n) is 24.4. The third-order valence-corrected chi connectivity index (χ3v) is 72.9. The maximum Gasteiger partial charge on any atom is 0.0825 e. The smallest absolute Gasteiger partial charge is 0.0825 e. The molecule has 0 aromatic rings. The van der Waals surface area contributed by atoms with Crippen molar-refractivity contribution in [3.63, 3.8) is 0 Å². The fourth-order valence-electron chi connectivity index (χ4n) is 10.5.